The molecule has 4 nitrogen and oxygen atoms in total. The van der Waals surface area contributed by atoms with Gasteiger partial charge in [0.05, 0.1) is 6.10 Å². The molecular formula is C15H19N3OS. The Labute approximate surface area is 124 Å². The van der Waals surface area contributed by atoms with E-state index < -0.39 is 0 Å². The quantitative estimate of drug-likeness (QED) is 0.496. The predicted molar refractivity (Wildman–Crippen MR) is 86.7 cm³/mol. The summed E-state index contributed by atoms with van der Waals surface area (Å²) in [6.07, 6.45) is 8.02. The molecule has 2 N–H and O–H groups in total. The average molecular weight is 289 g/mol. The molecule has 0 bridgehead atoms. The van der Waals surface area contributed by atoms with Gasteiger partial charge in [-0.2, -0.15) is 5.10 Å². The highest BCUT2D eigenvalue weighted by Gasteiger charge is 2.14. The van der Waals surface area contributed by atoms with Crippen LogP contribution in [0.25, 0.3) is 6.08 Å². The van der Waals surface area contributed by atoms with Crippen LogP contribution in [-0.4, -0.2) is 30.6 Å². The smallest absolute Gasteiger partial charge is 0.187 e. The van der Waals surface area contributed by atoms with Crippen molar-refractivity contribution in [3.05, 3.63) is 42.0 Å². The van der Waals surface area contributed by atoms with Gasteiger partial charge < -0.3 is 10.1 Å². The van der Waals surface area contributed by atoms with Gasteiger partial charge in [0.2, 0.25) is 0 Å². The fraction of sp³-hybridized carbons (Fsp3) is 0.333. The second kappa shape index (κ2) is 8.45. The minimum atomic E-state index is 0.275. The maximum atomic E-state index is 5.50. The molecule has 0 saturated carbocycles. The Kier molecular flexibility index (Phi) is 6.20. The van der Waals surface area contributed by atoms with Crippen LogP contribution >= 0.6 is 12.2 Å². The van der Waals surface area contributed by atoms with Crippen molar-refractivity contribution in [1.29, 1.82) is 0 Å². The summed E-state index contributed by atoms with van der Waals surface area (Å²) < 4.78 is 5.50. The highest BCUT2D eigenvalue weighted by molar-refractivity contribution is 7.80. The van der Waals surface area contributed by atoms with E-state index in [-0.39, 0.29) is 6.10 Å². The highest BCUT2D eigenvalue weighted by Crippen LogP contribution is 2.10. The van der Waals surface area contributed by atoms with Crippen LogP contribution in [-0.2, 0) is 4.74 Å². The zero-order chi connectivity index (χ0) is 14.0. The van der Waals surface area contributed by atoms with Gasteiger partial charge in [0, 0.05) is 19.4 Å². The van der Waals surface area contributed by atoms with Gasteiger partial charge in [-0.3, -0.25) is 5.43 Å². The lowest BCUT2D eigenvalue weighted by molar-refractivity contribution is 0.114. The molecule has 0 aromatic heterocycles. The monoisotopic (exact) mass is 289 g/mol. The number of allylic oxidation sites excluding steroid dienone is 1. The van der Waals surface area contributed by atoms with E-state index in [9.17, 15) is 0 Å². The van der Waals surface area contributed by atoms with E-state index in [0.29, 0.717) is 5.11 Å². The molecule has 1 unspecified atom stereocenters. The summed E-state index contributed by atoms with van der Waals surface area (Å²) in [5, 5.41) is 7.63. The Balaban J connectivity index is 1.62. The van der Waals surface area contributed by atoms with Crippen LogP contribution in [0, 0.1) is 0 Å². The van der Waals surface area contributed by atoms with E-state index in [0.717, 1.165) is 31.6 Å². The fourth-order valence-corrected chi connectivity index (χ4v) is 2.04. The van der Waals surface area contributed by atoms with Crippen molar-refractivity contribution in [1.82, 2.24) is 10.7 Å². The van der Waals surface area contributed by atoms with E-state index in [1.165, 1.54) is 0 Å². The zero-order valence-electron chi connectivity index (χ0n) is 11.3. The summed E-state index contributed by atoms with van der Waals surface area (Å²) in [5.74, 6) is 0. The number of hydrazone groups is 1. The van der Waals surface area contributed by atoms with Crippen LogP contribution in [0.15, 0.2) is 41.5 Å². The number of thiocarbonyl (C=S) groups is 1. The molecule has 0 radical (unpaired) electrons. The SMILES string of the molecule is S=C(NCC1CCCO1)NN=CC=Cc1ccccc1. The van der Waals surface area contributed by atoms with Gasteiger partial charge >= 0.3 is 0 Å². The third-order valence-electron chi connectivity index (χ3n) is 2.93. The molecule has 20 heavy (non-hydrogen) atoms. The van der Waals surface area contributed by atoms with Crippen molar-refractivity contribution in [3.63, 3.8) is 0 Å². The molecule has 1 aliphatic heterocycles. The number of rotatable bonds is 5. The number of hydrogen-bond donors (Lipinski definition) is 2. The number of hydrogen-bond acceptors (Lipinski definition) is 3. The number of nitrogens with zero attached hydrogens (tertiary/aromatic N) is 1. The first kappa shape index (κ1) is 14.7. The topological polar surface area (TPSA) is 45.6 Å². The number of nitrogens with one attached hydrogen (secondary N) is 2. The summed E-state index contributed by atoms with van der Waals surface area (Å²) >= 11 is 5.12. The summed E-state index contributed by atoms with van der Waals surface area (Å²) in [6, 6.07) is 10.1. The Morgan fingerprint density at radius 3 is 3.00 bits per heavy atom. The third-order valence-corrected chi connectivity index (χ3v) is 3.16. The van der Waals surface area contributed by atoms with Crippen LogP contribution in [0.2, 0.25) is 0 Å². The lowest BCUT2D eigenvalue weighted by Crippen LogP contribution is -2.37. The van der Waals surface area contributed by atoms with Gasteiger partial charge in [-0.25, -0.2) is 0 Å². The molecular weight excluding hydrogens is 270 g/mol. The van der Waals surface area contributed by atoms with Gasteiger partial charge in [0.1, 0.15) is 0 Å². The van der Waals surface area contributed by atoms with Crippen molar-refractivity contribution in [2.24, 2.45) is 5.10 Å². The fourth-order valence-electron chi connectivity index (χ4n) is 1.91. The van der Waals surface area contributed by atoms with Crippen LogP contribution in [0.3, 0.4) is 0 Å². The molecule has 0 spiro atoms. The molecule has 1 aromatic rings. The van der Waals surface area contributed by atoms with E-state index in [4.69, 9.17) is 17.0 Å². The van der Waals surface area contributed by atoms with Gasteiger partial charge in [0.25, 0.3) is 0 Å². The molecule has 2 rings (SSSR count). The number of benzene rings is 1. The first-order valence-corrected chi connectivity index (χ1v) is 7.15. The average Bonchev–Trinajstić information content (AvgIpc) is 2.99. The van der Waals surface area contributed by atoms with Gasteiger partial charge in [0.15, 0.2) is 5.11 Å². The van der Waals surface area contributed by atoms with E-state index in [1.54, 1.807) is 6.21 Å². The van der Waals surface area contributed by atoms with Gasteiger partial charge in [-0.15, -0.1) is 0 Å². The van der Waals surface area contributed by atoms with Crippen molar-refractivity contribution >= 4 is 29.6 Å². The minimum absolute atomic E-state index is 0.275. The lowest BCUT2D eigenvalue weighted by atomic mass is 10.2. The molecule has 1 aliphatic rings. The van der Waals surface area contributed by atoms with E-state index in [2.05, 4.69) is 15.8 Å². The van der Waals surface area contributed by atoms with Crippen LogP contribution < -0.4 is 10.7 Å². The summed E-state index contributed by atoms with van der Waals surface area (Å²) in [4.78, 5) is 0. The van der Waals surface area contributed by atoms with Crippen molar-refractivity contribution in [2.45, 2.75) is 18.9 Å². The molecule has 1 fully saturated rings. The van der Waals surface area contributed by atoms with Crippen molar-refractivity contribution < 1.29 is 4.74 Å². The van der Waals surface area contributed by atoms with Gasteiger partial charge in [-0.05, 0) is 36.7 Å². The molecule has 5 heteroatoms. The Bertz CT molecular complexity index is 467. The van der Waals surface area contributed by atoms with E-state index >= 15 is 0 Å². The largest absolute Gasteiger partial charge is 0.376 e. The molecule has 1 aromatic carbocycles. The van der Waals surface area contributed by atoms with Crippen LogP contribution in [0.4, 0.5) is 0 Å². The molecule has 1 saturated heterocycles. The van der Waals surface area contributed by atoms with Gasteiger partial charge in [-0.1, -0.05) is 36.4 Å². The second-order valence-corrected chi connectivity index (χ2v) is 4.91. The Morgan fingerprint density at radius 2 is 2.25 bits per heavy atom. The molecule has 0 amide bonds. The van der Waals surface area contributed by atoms with Crippen LogP contribution in [0.1, 0.15) is 18.4 Å². The predicted octanol–water partition coefficient (Wildman–Crippen LogP) is 2.33. The van der Waals surface area contributed by atoms with Crippen molar-refractivity contribution in [3.8, 4) is 0 Å². The molecule has 1 heterocycles. The maximum absolute atomic E-state index is 5.50. The Morgan fingerprint density at radius 1 is 1.40 bits per heavy atom. The summed E-state index contributed by atoms with van der Waals surface area (Å²) in [5.41, 5.74) is 3.91. The van der Waals surface area contributed by atoms with Crippen molar-refractivity contribution in [2.75, 3.05) is 13.2 Å². The van der Waals surface area contributed by atoms with Crippen LogP contribution in [0.5, 0.6) is 0 Å². The number of ether oxygens (including phenoxy) is 1. The maximum Gasteiger partial charge on any atom is 0.187 e. The molecule has 106 valence electrons. The summed E-state index contributed by atoms with van der Waals surface area (Å²) in [7, 11) is 0. The summed E-state index contributed by atoms with van der Waals surface area (Å²) in [6.45, 7) is 1.59. The van der Waals surface area contributed by atoms with E-state index in [1.807, 2.05) is 42.5 Å². The third kappa shape index (κ3) is 5.50. The first-order valence-electron chi connectivity index (χ1n) is 6.75. The normalized spacial score (nSPS) is 18.7. The molecule has 1 atom stereocenters. The minimum Gasteiger partial charge on any atom is -0.376 e. The highest BCUT2D eigenvalue weighted by atomic mass is 32.1. The molecule has 0 aliphatic carbocycles. The second-order valence-electron chi connectivity index (χ2n) is 4.50. The standard InChI is InChI=1S/C15H19N3OS/c20-15(16-12-14-9-5-11-19-14)18-17-10-4-8-13-6-2-1-3-7-13/h1-4,6-8,10,14H,5,9,11-12H2,(H2,16,18,20). The lowest BCUT2D eigenvalue weighted by Gasteiger charge is -2.11. The first-order chi connectivity index (χ1) is 9.84. The Hall–Kier alpha value is -1.72. The zero-order valence-corrected chi connectivity index (χ0v) is 12.1.